The lowest BCUT2D eigenvalue weighted by molar-refractivity contribution is 0.498. The molecule has 0 N–H and O–H groups in total. The van der Waals surface area contributed by atoms with Crippen LogP contribution >= 0.6 is 11.8 Å². The van der Waals surface area contributed by atoms with E-state index in [1.54, 1.807) is 31.2 Å². The lowest BCUT2D eigenvalue weighted by Gasteiger charge is -2.15. The van der Waals surface area contributed by atoms with Crippen LogP contribution in [0.3, 0.4) is 0 Å². The SMILES string of the molecule is Cc1nc(SCn2nnc3ccccc3c2=O)c2c(=O)n(C)c(=O)n(CC(C)C)c2n1. The number of hydrogen-bond donors (Lipinski definition) is 0. The Kier molecular flexibility index (Phi) is 5.44. The predicted molar refractivity (Wildman–Crippen MR) is 118 cm³/mol. The first-order valence-corrected chi connectivity index (χ1v) is 10.7. The van der Waals surface area contributed by atoms with Crippen LogP contribution in [0, 0.1) is 12.8 Å². The molecular formula is C20H21N7O3S. The summed E-state index contributed by atoms with van der Waals surface area (Å²) in [5, 5.41) is 9.17. The minimum absolute atomic E-state index is 0.106. The Morgan fingerprint density at radius 2 is 1.81 bits per heavy atom. The van der Waals surface area contributed by atoms with Gasteiger partial charge in [-0.15, -0.1) is 5.10 Å². The zero-order valence-corrected chi connectivity index (χ0v) is 18.4. The average molecular weight is 440 g/mol. The third kappa shape index (κ3) is 3.76. The highest BCUT2D eigenvalue weighted by atomic mass is 32.2. The third-order valence-corrected chi connectivity index (χ3v) is 5.70. The molecule has 160 valence electrons. The fourth-order valence-electron chi connectivity index (χ4n) is 3.31. The molecule has 1 aromatic carbocycles. The predicted octanol–water partition coefficient (Wildman–Crippen LogP) is 1.31. The fourth-order valence-corrected chi connectivity index (χ4v) is 4.24. The van der Waals surface area contributed by atoms with Crippen molar-refractivity contribution >= 4 is 33.7 Å². The molecule has 0 amide bonds. The van der Waals surface area contributed by atoms with Crippen LogP contribution in [0.25, 0.3) is 21.9 Å². The molecule has 0 atom stereocenters. The second-order valence-corrected chi connectivity index (χ2v) is 8.54. The Bertz CT molecular complexity index is 1490. The van der Waals surface area contributed by atoms with E-state index in [9.17, 15) is 14.4 Å². The Hall–Kier alpha value is -3.34. The van der Waals surface area contributed by atoms with E-state index < -0.39 is 11.2 Å². The number of benzene rings is 1. The molecule has 0 fully saturated rings. The molecule has 0 spiro atoms. The van der Waals surface area contributed by atoms with E-state index in [-0.39, 0.29) is 22.7 Å². The summed E-state index contributed by atoms with van der Waals surface area (Å²) in [5.41, 5.74) is -0.355. The maximum atomic E-state index is 12.9. The average Bonchev–Trinajstić information content (AvgIpc) is 2.74. The molecule has 11 heteroatoms. The van der Waals surface area contributed by atoms with Crippen molar-refractivity contribution in [3.05, 3.63) is 61.3 Å². The zero-order chi connectivity index (χ0) is 22.3. The molecule has 31 heavy (non-hydrogen) atoms. The molecule has 0 aliphatic heterocycles. The Morgan fingerprint density at radius 1 is 1.06 bits per heavy atom. The van der Waals surface area contributed by atoms with Gasteiger partial charge in [0.05, 0.1) is 11.3 Å². The van der Waals surface area contributed by atoms with Gasteiger partial charge in [-0.25, -0.2) is 14.8 Å². The first kappa shape index (κ1) is 20.9. The molecule has 0 saturated carbocycles. The van der Waals surface area contributed by atoms with Gasteiger partial charge in [-0.05, 0) is 25.0 Å². The number of thioether (sulfide) groups is 1. The van der Waals surface area contributed by atoms with E-state index in [1.165, 1.54) is 28.1 Å². The first-order valence-electron chi connectivity index (χ1n) is 9.71. The van der Waals surface area contributed by atoms with Crippen LogP contribution in [-0.4, -0.2) is 34.1 Å². The van der Waals surface area contributed by atoms with Gasteiger partial charge in [0, 0.05) is 13.6 Å². The van der Waals surface area contributed by atoms with Crippen LogP contribution in [0.2, 0.25) is 0 Å². The second-order valence-electron chi connectivity index (χ2n) is 7.61. The van der Waals surface area contributed by atoms with Gasteiger partial charge < -0.3 is 0 Å². The molecule has 0 aliphatic carbocycles. The highest BCUT2D eigenvalue weighted by Gasteiger charge is 2.19. The number of aryl methyl sites for hydroxylation is 1. The lowest BCUT2D eigenvalue weighted by Crippen LogP contribution is -2.39. The first-order chi connectivity index (χ1) is 14.8. The Balaban J connectivity index is 1.84. The van der Waals surface area contributed by atoms with Crippen molar-refractivity contribution in [2.24, 2.45) is 13.0 Å². The summed E-state index contributed by atoms with van der Waals surface area (Å²) in [4.78, 5) is 47.2. The smallest absolute Gasteiger partial charge is 0.277 e. The van der Waals surface area contributed by atoms with Gasteiger partial charge in [-0.1, -0.05) is 43.0 Å². The number of nitrogens with zero attached hydrogens (tertiary/aromatic N) is 7. The van der Waals surface area contributed by atoms with Crippen LogP contribution in [0.4, 0.5) is 0 Å². The maximum Gasteiger partial charge on any atom is 0.332 e. The molecule has 0 unspecified atom stereocenters. The summed E-state index contributed by atoms with van der Waals surface area (Å²) in [6.07, 6.45) is 0. The zero-order valence-electron chi connectivity index (χ0n) is 17.6. The van der Waals surface area contributed by atoms with Gasteiger partial charge in [0.2, 0.25) is 0 Å². The summed E-state index contributed by atoms with van der Waals surface area (Å²) in [6, 6.07) is 6.97. The molecule has 0 saturated heterocycles. The number of rotatable bonds is 5. The summed E-state index contributed by atoms with van der Waals surface area (Å²) < 4.78 is 3.79. The van der Waals surface area contributed by atoms with Crippen molar-refractivity contribution in [1.82, 2.24) is 34.1 Å². The van der Waals surface area contributed by atoms with E-state index in [2.05, 4.69) is 20.3 Å². The quantitative estimate of drug-likeness (QED) is 0.337. The van der Waals surface area contributed by atoms with Gasteiger partial charge in [-0.2, -0.15) is 4.68 Å². The van der Waals surface area contributed by atoms with Crippen molar-refractivity contribution < 1.29 is 0 Å². The van der Waals surface area contributed by atoms with Crippen molar-refractivity contribution in [2.45, 2.75) is 38.2 Å². The number of fused-ring (bicyclic) bond motifs is 2. The minimum Gasteiger partial charge on any atom is -0.277 e. The Labute approximate surface area is 180 Å². The molecular weight excluding hydrogens is 418 g/mol. The largest absolute Gasteiger partial charge is 0.332 e. The minimum atomic E-state index is -0.473. The van der Waals surface area contributed by atoms with E-state index in [0.717, 1.165) is 4.57 Å². The molecule has 3 heterocycles. The highest BCUT2D eigenvalue weighted by molar-refractivity contribution is 7.98. The van der Waals surface area contributed by atoms with Crippen molar-refractivity contribution in [1.29, 1.82) is 0 Å². The molecule has 3 aromatic heterocycles. The van der Waals surface area contributed by atoms with Gasteiger partial charge in [-0.3, -0.25) is 18.7 Å². The van der Waals surface area contributed by atoms with Crippen LogP contribution in [0.15, 0.2) is 43.7 Å². The van der Waals surface area contributed by atoms with Crippen molar-refractivity contribution in [3.8, 4) is 0 Å². The second kappa shape index (κ2) is 8.06. The van der Waals surface area contributed by atoms with E-state index in [4.69, 9.17) is 0 Å². The van der Waals surface area contributed by atoms with Gasteiger partial charge >= 0.3 is 5.69 Å². The van der Waals surface area contributed by atoms with Crippen LogP contribution in [-0.2, 0) is 19.5 Å². The van der Waals surface area contributed by atoms with E-state index in [1.807, 2.05) is 13.8 Å². The third-order valence-electron chi connectivity index (χ3n) is 4.76. The van der Waals surface area contributed by atoms with E-state index in [0.29, 0.717) is 33.9 Å². The highest BCUT2D eigenvalue weighted by Crippen LogP contribution is 2.23. The molecule has 10 nitrogen and oxygen atoms in total. The van der Waals surface area contributed by atoms with Gasteiger partial charge in [0.15, 0.2) is 5.65 Å². The van der Waals surface area contributed by atoms with Crippen molar-refractivity contribution in [3.63, 3.8) is 0 Å². The lowest BCUT2D eigenvalue weighted by atomic mass is 10.2. The monoisotopic (exact) mass is 439 g/mol. The summed E-state index contributed by atoms with van der Waals surface area (Å²) in [7, 11) is 1.44. The van der Waals surface area contributed by atoms with Gasteiger partial charge in [0.25, 0.3) is 11.1 Å². The number of aromatic nitrogens is 7. The summed E-state index contributed by atoms with van der Waals surface area (Å²) in [6.45, 7) is 6.09. The van der Waals surface area contributed by atoms with Crippen molar-refractivity contribution in [2.75, 3.05) is 0 Å². The summed E-state index contributed by atoms with van der Waals surface area (Å²) in [5.74, 6) is 0.711. The molecule has 0 aliphatic rings. The van der Waals surface area contributed by atoms with E-state index >= 15 is 0 Å². The van der Waals surface area contributed by atoms with Crippen LogP contribution in [0.5, 0.6) is 0 Å². The topological polar surface area (TPSA) is 118 Å². The standard InChI is InChI=1S/C20H21N7O3S/c1-11(2)9-26-16-15(19(29)25(4)20(26)30)17(22-12(3)21-16)31-10-27-18(28)13-7-5-6-8-14(13)23-24-27/h5-8,11H,9-10H2,1-4H3. The molecule has 0 radical (unpaired) electrons. The molecule has 4 rings (SSSR count). The number of hydrogen-bond acceptors (Lipinski definition) is 8. The fraction of sp³-hybridized carbons (Fsp3) is 0.350. The molecule has 0 bridgehead atoms. The van der Waals surface area contributed by atoms with Crippen LogP contribution < -0.4 is 16.8 Å². The summed E-state index contributed by atoms with van der Waals surface area (Å²) >= 11 is 1.18. The maximum absolute atomic E-state index is 12.9. The van der Waals surface area contributed by atoms with Crippen LogP contribution in [0.1, 0.15) is 19.7 Å². The Morgan fingerprint density at radius 3 is 2.55 bits per heavy atom. The van der Waals surface area contributed by atoms with Gasteiger partial charge in [0.1, 0.15) is 21.8 Å². The molecule has 4 aromatic rings. The normalized spacial score (nSPS) is 11.6.